The predicted octanol–water partition coefficient (Wildman–Crippen LogP) is 3.17. The standard InChI is InChI=1S/C24H25NO3P/c1-17(2)22(24(27)28-3)25-23(26)20-15-10-16-21(20)29(18-11-6-4-7-12-18)19-13-8-5-9-14-19/h4-17,22H,1-3H3,(H,25,26)/t22-/m1/s1. The molecule has 0 bridgehead atoms. The number of esters is 1. The molecule has 2 aromatic carbocycles. The SMILES string of the molecule is COC(=O)[C@H](NC(=O)[C]1[CH][CH][CH][C]1P(c1ccccc1)c1ccccc1)C(C)C. The summed E-state index contributed by atoms with van der Waals surface area (Å²) in [4.78, 5) is 25.2. The molecule has 149 valence electrons. The maximum Gasteiger partial charge on any atom is 0.328 e. The Balaban J connectivity index is 1.88. The van der Waals surface area contributed by atoms with Gasteiger partial charge < -0.3 is 10.1 Å². The van der Waals surface area contributed by atoms with Gasteiger partial charge in [-0.05, 0) is 43.7 Å². The van der Waals surface area contributed by atoms with Crippen molar-refractivity contribution in [2.45, 2.75) is 19.9 Å². The summed E-state index contributed by atoms with van der Waals surface area (Å²) in [5, 5.41) is 5.20. The van der Waals surface area contributed by atoms with Crippen molar-refractivity contribution in [1.29, 1.82) is 0 Å². The summed E-state index contributed by atoms with van der Waals surface area (Å²) < 4.78 is 4.86. The first kappa shape index (κ1) is 21.5. The number of hydrogen-bond acceptors (Lipinski definition) is 3. The van der Waals surface area contributed by atoms with Crippen LogP contribution in [0.4, 0.5) is 0 Å². The second-order valence-electron chi connectivity index (χ2n) is 7.05. The number of methoxy groups -OCH3 is 1. The van der Waals surface area contributed by atoms with Crippen molar-refractivity contribution < 1.29 is 14.3 Å². The number of benzene rings is 2. The van der Waals surface area contributed by atoms with Gasteiger partial charge in [0.05, 0.1) is 13.0 Å². The highest BCUT2D eigenvalue weighted by atomic mass is 31.1. The normalized spacial score (nSPS) is 16.2. The monoisotopic (exact) mass is 406 g/mol. The molecule has 1 aliphatic carbocycles. The van der Waals surface area contributed by atoms with Crippen LogP contribution in [0, 0.1) is 36.8 Å². The van der Waals surface area contributed by atoms with Crippen LogP contribution in [-0.2, 0) is 14.3 Å². The molecule has 1 fully saturated rings. The third kappa shape index (κ3) is 5.05. The van der Waals surface area contributed by atoms with Crippen molar-refractivity contribution in [2.24, 2.45) is 5.92 Å². The molecular weight excluding hydrogens is 381 g/mol. The fourth-order valence-electron chi connectivity index (χ4n) is 3.22. The van der Waals surface area contributed by atoms with Crippen molar-refractivity contribution in [1.82, 2.24) is 5.32 Å². The second-order valence-corrected chi connectivity index (χ2v) is 9.23. The van der Waals surface area contributed by atoms with Gasteiger partial charge in [-0.1, -0.05) is 74.5 Å². The Labute approximate surface area is 174 Å². The van der Waals surface area contributed by atoms with E-state index in [4.69, 9.17) is 4.74 Å². The van der Waals surface area contributed by atoms with Gasteiger partial charge in [-0.2, -0.15) is 0 Å². The van der Waals surface area contributed by atoms with Crippen molar-refractivity contribution in [2.75, 3.05) is 7.11 Å². The van der Waals surface area contributed by atoms with Crippen molar-refractivity contribution in [3.05, 3.63) is 91.5 Å². The molecule has 0 aliphatic heterocycles. The summed E-state index contributed by atoms with van der Waals surface area (Å²) >= 11 is 0. The zero-order valence-electron chi connectivity index (χ0n) is 16.8. The van der Waals surface area contributed by atoms with E-state index in [9.17, 15) is 9.59 Å². The molecule has 0 heterocycles. The third-order valence-corrected chi connectivity index (χ3v) is 7.22. The Morgan fingerprint density at radius 3 is 1.93 bits per heavy atom. The molecule has 0 aromatic heterocycles. The molecule has 4 nitrogen and oxygen atoms in total. The van der Waals surface area contributed by atoms with E-state index in [2.05, 4.69) is 29.6 Å². The number of ether oxygens (including phenoxy) is 1. The highest BCUT2D eigenvalue weighted by Gasteiger charge is 2.42. The molecule has 1 saturated carbocycles. The Kier molecular flexibility index (Phi) is 7.44. The number of amides is 1. The number of carbonyl (C=O) groups is 2. The third-order valence-electron chi connectivity index (χ3n) is 4.72. The zero-order chi connectivity index (χ0) is 20.8. The Morgan fingerprint density at radius 1 is 0.897 bits per heavy atom. The van der Waals surface area contributed by atoms with E-state index in [0.717, 1.165) is 5.66 Å². The van der Waals surface area contributed by atoms with Gasteiger partial charge in [0, 0.05) is 5.66 Å². The largest absolute Gasteiger partial charge is 0.467 e. The van der Waals surface area contributed by atoms with Crippen LogP contribution in [0.3, 0.4) is 0 Å². The molecule has 1 aliphatic rings. The van der Waals surface area contributed by atoms with Gasteiger partial charge in [0.15, 0.2) is 0 Å². The lowest BCUT2D eigenvalue weighted by molar-refractivity contribution is -0.146. The minimum Gasteiger partial charge on any atom is -0.467 e. The van der Waals surface area contributed by atoms with Gasteiger partial charge in [0.2, 0.25) is 5.91 Å². The van der Waals surface area contributed by atoms with E-state index in [1.807, 2.05) is 69.5 Å². The minimum atomic E-state index is -0.898. The molecule has 0 saturated heterocycles. The van der Waals surface area contributed by atoms with Crippen LogP contribution in [0.15, 0.2) is 60.7 Å². The van der Waals surface area contributed by atoms with Crippen LogP contribution in [-0.4, -0.2) is 25.0 Å². The summed E-state index contributed by atoms with van der Waals surface area (Å²) in [7, 11) is 0.437. The maximum atomic E-state index is 13.1. The molecule has 29 heavy (non-hydrogen) atoms. The van der Waals surface area contributed by atoms with Crippen LogP contribution in [0.5, 0.6) is 0 Å². The molecule has 1 N–H and O–H groups in total. The lowest BCUT2D eigenvalue weighted by Crippen LogP contribution is -2.47. The van der Waals surface area contributed by atoms with Crippen LogP contribution in [0.25, 0.3) is 0 Å². The fraction of sp³-hybridized carbons (Fsp3) is 0.208. The Bertz CT molecular complexity index is 770. The van der Waals surface area contributed by atoms with Crippen LogP contribution < -0.4 is 15.9 Å². The molecule has 0 spiro atoms. The first-order valence-corrected chi connectivity index (χ1v) is 10.9. The molecule has 0 unspecified atom stereocenters. The van der Waals surface area contributed by atoms with Crippen molar-refractivity contribution in [3.63, 3.8) is 0 Å². The topological polar surface area (TPSA) is 55.4 Å². The lowest BCUT2D eigenvalue weighted by Gasteiger charge is -2.29. The molecular formula is C24H25NO3P. The highest BCUT2D eigenvalue weighted by molar-refractivity contribution is 7.76. The lowest BCUT2D eigenvalue weighted by atomic mass is 10.0. The smallest absolute Gasteiger partial charge is 0.328 e. The molecule has 3 rings (SSSR count). The molecule has 5 radical (unpaired) electrons. The average Bonchev–Trinajstić information content (AvgIpc) is 3.22. The predicted molar refractivity (Wildman–Crippen MR) is 117 cm³/mol. The van der Waals surface area contributed by atoms with Crippen LogP contribution in [0.2, 0.25) is 0 Å². The fourth-order valence-corrected chi connectivity index (χ4v) is 5.67. The van der Waals surface area contributed by atoms with Crippen molar-refractivity contribution in [3.8, 4) is 0 Å². The van der Waals surface area contributed by atoms with E-state index >= 15 is 0 Å². The number of hydrogen-bond donors (Lipinski definition) is 1. The summed E-state index contributed by atoms with van der Waals surface area (Å²) in [6.07, 6.45) is 5.72. The molecule has 5 heteroatoms. The molecule has 1 amide bonds. The van der Waals surface area contributed by atoms with Crippen LogP contribution in [0.1, 0.15) is 13.8 Å². The van der Waals surface area contributed by atoms with Crippen molar-refractivity contribution >= 4 is 30.4 Å². The van der Waals surface area contributed by atoms with E-state index in [-0.39, 0.29) is 11.8 Å². The van der Waals surface area contributed by atoms with Gasteiger partial charge >= 0.3 is 5.97 Å². The van der Waals surface area contributed by atoms with Gasteiger partial charge in [0.25, 0.3) is 0 Å². The Hall–Kier alpha value is -2.19. The highest BCUT2D eigenvalue weighted by Crippen LogP contribution is 2.55. The van der Waals surface area contributed by atoms with E-state index in [1.54, 1.807) is 0 Å². The first-order valence-electron chi connectivity index (χ1n) is 9.57. The van der Waals surface area contributed by atoms with E-state index in [1.165, 1.54) is 17.7 Å². The summed E-state index contributed by atoms with van der Waals surface area (Å²) in [5.41, 5.74) is 0.974. The van der Waals surface area contributed by atoms with Gasteiger partial charge in [-0.15, -0.1) is 0 Å². The summed E-state index contributed by atoms with van der Waals surface area (Å²) in [5.74, 6) is -0.170. The first-order chi connectivity index (χ1) is 14.0. The van der Waals surface area contributed by atoms with E-state index < -0.39 is 19.9 Å². The number of carbonyl (C=O) groups excluding carboxylic acids is 2. The average molecular weight is 406 g/mol. The van der Waals surface area contributed by atoms with Gasteiger partial charge in [0.1, 0.15) is 6.04 Å². The summed E-state index contributed by atoms with van der Waals surface area (Å²) in [6.45, 7) is 3.77. The molecule has 1 atom stereocenters. The van der Waals surface area contributed by atoms with E-state index in [0.29, 0.717) is 5.92 Å². The summed E-state index contributed by atoms with van der Waals surface area (Å²) in [6, 6.07) is 19.7. The zero-order valence-corrected chi connectivity index (χ0v) is 17.7. The minimum absolute atomic E-state index is 0.0745. The maximum absolute atomic E-state index is 13.1. The number of nitrogens with one attached hydrogen (secondary N) is 1. The number of rotatable bonds is 7. The quantitative estimate of drug-likeness (QED) is 0.568. The van der Waals surface area contributed by atoms with Gasteiger partial charge in [-0.25, -0.2) is 4.79 Å². The van der Waals surface area contributed by atoms with Gasteiger partial charge in [-0.3, -0.25) is 4.79 Å². The van der Waals surface area contributed by atoms with Crippen LogP contribution >= 0.6 is 7.92 Å². The second kappa shape index (κ2) is 10.0. The molecule has 2 aromatic rings. The Morgan fingerprint density at radius 2 is 1.45 bits per heavy atom.